The summed E-state index contributed by atoms with van der Waals surface area (Å²) in [5.41, 5.74) is 3.09. The quantitative estimate of drug-likeness (QED) is 0.460. The number of guanidine groups is 1. The highest BCUT2D eigenvalue weighted by molar-refractivity contribution is 5.94. The molecule has 1 amide bonds. The number of amides is 1. The number of carbonyl (C=O) groups excluding carboxylic acids is 1. The van der Waals surface area contributed by atoms with Gasteiger partial charge in [0.05, 0.1) is 20.8 Å². The molecule has 7 nitrogen and oxygen atoms in total. The standard InChI is InChI=1S/C23H30N4O3/c1-4-24-23(25-12-11-16-13-18(29-2)9-10-21(16)30-3)26-15-17-14-22(28)27-20-8-6-5-7-19(17)20/h5-10,13,17H,4,11-12,14-15H2,1-3H3,(H,27,28)(H2,24,25,26). The number of methoxy groups -OCH3 is 2. The van der Waals surface area contributed by atoms with Crippen molar-refractivity contribution >= 4 is 17.6 Å². The number of fused-ring (bicyclic) bond motifs is 1. The van der Waals surface area contributed by atoms with E-state index in [2.05, 4.69) is 22.0 Å². The van der Waals surface area contributed by atoms with E-state index in [1.807, 2.05) is 43.3 Å². The zero-order valence-corrected chi connectivity index (χ0v) is 17.8. The van der Waals surface area contributed by atoms with Crippen molar-refractivity contribution in [2.45, 2.75) is 25.7 Å². The van der Waals surface area contributed by atoms with Crippen molar-refractivity contribution in [1.29, 1.82) is 0 Å². The summed E-state index contributed by atoms with van der Waals surface area (Å²) in [6.45, 7) is 4.03. The molecule has 1 unspecified atom stereocenters. The summed E-state index contributed by atoms with van der Waals surface area (Å²) in [6, 6.07) is 13.7. The first-order chi connectivity index (χ1) is 14.6. The maximum Gasteiger partial charge on any atom is 0.225 e. The largest absolute Gasteiger partial charge is 0.497 e. The third-order valence-corrected chi connectivity index (χ3v) is 5.09. The Labute approximate surface area is 177 Å². The van der Waals surface area contributed by atoms with Crippen molar-refractivity contribution in [3.8, 4) is 11.5 Å². The average molecular weight is 411 g/mol. The minimum Gasteiger partial charge on any atom is -0.497 e. The minimum atomic E-state index is 0.0389. The Bertz CT molecular complexity index is 898. The van der Waals surface area contributed by atoms with Crippen molar-refractivity contribution in [1.82, 2.24) is 10.6 Å². The average Bonchev–Trinajstić information content (AvgIpc) is 2.77. The van der Waals surface area contributed by atoms with Crippen molar-refractivity contribution in [3.05, 3.63) is 53.6 Å². The van der Waals surface area contributed by atoms with Gasteiger partial charge in [0, 0.05) is 31.1 Å². The molecule has 2 aromatic rings. The van der Waals surface area contributed by atoms with E-state index in [0.29, 0.717) is 19.5 Å². The topological polar surface area (TPSA) is 84.0 Å². The number of nitrogens with zero attached hydrogens (tertiary/aromatic N) is 1. The van der Waals surface area contributed by atoms with Crippen molar-refractivity contribution < 1.29 is 14.3 Å². The third kappa shape index (κ3) is 5.43. The van der Waals surface area contributed by atoms with Crippen molar-refractivity contribution in [3.63, 3.8) is 0 Å². The lowest BCUT2D eigenvalue weighted by Gasteiger charge is -2.24. The van der Waals surface area contributed by atoms with Crippen LogP contribution in [0.2, 0.25) is 0 Å². The molecule has 0 aromatic heterocycles. The maximum atomic E-state index is 12.0. The Morgan fingerprint density at radius 1 is 1.17 bits per heavy atom. The lowest BCUT2D eigenvalue weighted by atomic mass is 9.91. The Balaban J connectivity index is 1.64. The summed E-state index contributed by atoms with van der Waals surface area (Å²) in [6.07, 6.45) is 1.21. The van der Waals surface area contributed by atoms with Crippen molar-refractivity contribution in [2.24, 2.45) is 4.99 Å². The molecule has 0 aliphatic carbocycles. The first kappa shape index (κ1) is 21.5. The molecule has 1 atom stereocenters. The summed E-state index contributed by atoms with van der Waals surface area (Å²) in [5.74, 6) is 2.49. The molecule has 3 N–H and O–H groups in total. The number of nitrogens with one attached hydrogen (secondary N) is 3. The van der Waals surface area contributed by atoms with Gasteiger partial charge in [0.25, 0.3) is 0 Å². The Hall–Kier alpha value is -3.22. The maximum absolute atomic E-state index is 12.0. The van der Waals surface area contributed by atoms with Crippen LogP contribution >= 0.6 is 0 Å². The molecule has 0 saturated heterocycles. The highest BCUT2D eigenvalue weighted by Crippen LogP contribution is 2.32. The molecule has 0 spiro atoms. The predicted molar refractivity (Wildman–Crippen MR) is 120 cm³/mol. The number of aliphatic imine (C=N–C) groups is 1. The number of rotatable bonds is 8. The van der Waals surface area contributed by atoms with Crippen LogP contribution in [0.5, 0.6) is 11.5 Å². The molecule has 0 radical (unpaired) electrons. The minimum absolute atomic E-state index is 0.0389. The summed E-state index contributed by atoms with van der Waals surface area (Å²) in [4.78, 5) is 16.8. The smallest absolute Gasteiger partial charge is 0.225 e. The van der Waals surface area contributed by atoms with Gasteiger partial charge in [0.15, 0.2) is 5.96 Å². The van der Waals surface area contributed by atoms with Crippen LogP contribution < -0.4 is 25.4 Å². The summed E-state index contributed by atoms with van der Waals surface area (Å²) in [7, 11) is 3.33. The SMILES string of the molecule is CCNC(=NCC1CC(=O)Nc2ccccc21)NCCc1cc(OC)ccc1OC. The van der Waals surface area contributed by atoms with Gasteiger partial charge in [-0.2, -0.15) is 0 Å². The molecular weight excluding hydrogens is 380 g/mol. The second-order valence-corrected chi connectivity index (χ2v) is 7.11. The van der Waals surface area contributed by atoms with Crippen LogP contribution in [0.25, 0.3) is 0 Å². The van der Waals surface area contributed by atoms with Crippen LogP contribution in [0.15, 0.2) is 47.5 Å². The second-order valence-electron chi connectivity index (χ2n) is 7.11. The zero-order valence-electron chi connectivity index (χ0n) is 17.8. The molecule has 7 heteroatoms. The number of hydrogen-bond donors (Lipinski definition) is 3. The number of anilines is 1. The monoisotopic (exact) mass is 410 g/mol. The van der Waals surface area contributed by atoms with Gasteiger partial charge in [0.1, 0.15) is 11.5 Å². The highest BCUT2D eigenvalue weighted by atomic mass is 16.5. The van der Waals surface area contributed by atoms with Gasteiger partial charge in [-0.05, 0) is 48.7 Å². The fourth-order valence-electron chi connectivity index (χ4n) is 3.60. The highest BCUT2D eigenvalue weighted by Gasteiger charge is 2.24. The fraction of sp³-hybridized carbons (Fsp3) is 0.391. The van der Waals surface area contributed by atoms with Gasteiger partial charge in [-0.15, -0.1) is 0 Å². The summed E-state index contributed by atoms with van der Waals surface area (Å²) < 4.78 is 10.8. The Morgan fingerprint density at radius 3 is 2.77 bits per heavy atom. The molecule has 1 aliphatic rings. The Kier molecular flexibility index (Phi) is 7.54. The van der Waals surface area contributed by atoms with Crippen molar-refractivity contribution in [2.75, 3.05) is 39.2 Å². The molecule has 0 saturated carbocycles. The van der Waals surface area contributed by atoms with Gasteiger partial charge >= 0.3 is 0 Å². The van der Waals surface area contributed by atoms with Gasteiger partial charge < -0.3 is 25.4 Å². The van der Waals surface area contributed by atoms with E-state index in [1.165, 1.54) is 0 Å². The lowest BCUT2D eigenvalue weighted by molar-refractivity contribution is -0.116. The molecular formula is C23H30N4O3. The predicted octanol–water partition coefficient (Wildman–Crippen LogP) is 2.93. The van der Waals surface area contributed by atoms with E-state index in [0.717, 1.165) is 47.2 Å². The third-order valence-electron chi connectivity index (χ3n) is 5.09. The van der Waals surface area contributed by atoms with E-state index in [-0.39, 0.29) is 11.8 Å². The van der Waals surface area contributed by atoms with Crippen LogP contribution in [0.4, 0.5) is 5.69 Å². The molecule has 3 rings (SSSR count). The number of carbonyl (C=O) groups is 1. The molecule has 0 bridgehead atoms. The second kappa shape index (κ2) is 10.5. The van der Waals surface area contributed by atoms with Crippen LogP contribution in [0, 0.1) is 0 Å². The van der Waals surface area contributed by atoms with Crippen LogP contribution in [-0.4, -0.2) is 45.7 Å². The van der Waals surface area contributed by atoms with Crippen LogP contribution in [0.1, 0.15) is 30.4 Å². The number of para-hydroxylation sites is 1. The normalized spacial score (nSPS) is 15.8. The molecule has 0 fully saturated rings. The lowest BCUT2D eigenvalue weighted by Crippen LogP contribution is -2.39. The zero-order chi connectivity index (χ0) is 21.3. The molecule has 160 valence electrons. The molecule has 2 aromatic carbocycles. The summed E-state index contributed by atoms with van der Waals surface area (Å²) in [5, 5.41) is 9.59. The van der Waals surface area contributed by atoms with Crippen LogP contribution in [-0.2, 0) is 11.2 Å². The van der Waals surface area contributed by atoms with Gasteiger partial charge in [-0.3, -0.25) is 9.79 Å². The summed E-state index contributed by atoms with van der Waals surface area (Å²) >= 11 is 0. The first-order valence-corrected chi connectivity index (χ1v) is 10.3. The van der Waals surface area contributed by atoms with E-state index >= 15 is 0 Å². The molecule has 30 heavy (non-hydrogen) atoms. The molecule has 1 aliphatic heterocycles. The number of benzene rings is 2. The Morgan fingerprint density at radius 2 is 2.00 bits per heavy atom. The first-order valence-electron chi connectivity index (χ1n) is 10.3. The van der Waals surface area contributed by atoms with E-state index in [1.54, 1.807) is 14.2 Å². The number of hydrogen-bond acceptors (Lipinski definition) is 4. The van der Waals surface area contributed by atoms with Crippen LogP contribution in [0.3, 0.4) is 0 Å². The van der Waals surface area contributed by atoms with E-state index in [9.17, 15) is 4.79 Å². The number of ether oxygens (including phenoxy) is 2. The van der Waals surface area contributed by atoms with Gasteiger partial charge in [-0.25, -0.2) is 0 Å². The molecule has 1 heterocycles. The fourth-order valence-corrected chi connectivity index (χ4v) is 3.60. The van der Waals surface area contributed by atoms with E-state index in [4.69, 9.17) is 14.5 Å². The van der Waals surface area contributed by atoms with Gasteiger partial charge in [0.2, 0.25) is 5.91 Å². The van der Waals surface area contributed by atoms with E-state index < -0.39 is 0 Å². The van der Waals surface area contributed by atoms with Gasteiger partial charge in [-0.1, -0.05) is 18.2 Å².